The van der Waals surface area contributed by atoms with Crippen molar-refractivity contribution in [3.05, 3.63) is 74.5 Å². The van der Waals surface area contributed by atoms with Crippen LogP contribution in [-0.4, -0.2) is 33.5 Å². The zero-order valence-corrected chi connectivity index (χ0v) is 17.2. The number of rotatable bonds is 6. The molecule has 2 aromatic rings. The molecular formula is C22H17N4O6-. The number of ketones is 1. The van der Waals surface area contributed by atoms with Gasteiger partial charge in [0.2, 0.25) is 5.78 Å². The Kier molecular flexibility index (Phi) is 5.13. The fourth-order valence-electron chi connectivity index (χ4n) is 3.94. The first kappa shape index (κ1) is 21.0. The highest BCUT2D eigenvalue weighted by Gasteiger charge is 2.40. The summed E-state index contributed by atoms with van der Waals surface area (Å²) in [5.74, 6) is -2.42. The molecule has 0 aromatic heterocycles. The van der Waals surface area contributed by atoms with Crippen molar-refractivity contribution in [3.8, 4) is 0 Å². The second-order valence-electron chi connectivity index (χ2n) is 7.34. The van der Waals surface area contributed by atoms with Gasteiger partial charge in [-0.1, -0.05) is 25.7 Å². The number of allylic oxidation sites excluding steroid dienone is 1. The van der Waals surface area contributed by atoms with E-state index in [1.807, 2.05) is 13.8 Å². The molecule has 162 valence electrons. The number of hydrogen-bond acceptors (Lipinski definition) is 8. The number of fused-ring (bicyclic) bond motifs is 2. The van der Waals surface area contributed by atoms with Gasteiger partial charge in [-0.3, -0.25) is 29.4 Å². The summed E-state index contributed by atoms with van der Waals surface area (Å²) in [7, 11) is 0. The Hall–Kier alpha value is -4.21. The van der Waals surface area contributed by atoms with Crippen LogP contribution in [-0.2, 0) is 0 Å². The Morgan fingerprint density at radius 3 is 2.34 bits per heavy atom. The maximum atomic E-state index is 13.0. The first-order valence-corrected chi connectivity index (χ1v) is 9.97. The third-order valence-electron chi connectivity index (χ3n) is 5.62. The number of nitro groups is 1. The topological polar surface area (TPSA) is 145 Å². The van der Waals surface area contributed by atoms with Crippen LogP contribution in [0.2, 0.25) is 0 Å². The highest BCUT2D eigenvalue weighted by atomic mass is 16.6. The molecule has 2 aliphatic rings. The monoisotopic (exact) mass is 433 g/mol. The van der Waals surface area contributed by atoms with Crippen LogP contribution in [0.25, 0.3) is 5.76 Å². The first-order valence-electron chi connectivity index (χ1n) is 9.97. The summed E-state index contributed by atoms with van der Waals surface area (Å²) < 4.78 is 0. The molecule has 2 amide bonds. The molecule has 2 aromatic carbocycles. The summed E-state index contributed by atoms with van der Waals surface area (Å²) in [6.07, 6.45) is 1.20. The van der Waals surface area contributed by atoms with Gasteiger partial charge < -0.3 is 5.11 Å². The molecule has 0 spiro atoms. The van der Waals surface area contributed by atoms with Gasteiger partial charge in [0.05, 0.1) is 21.7 Å². The van der Waals surface area contributed by atoms with Gasteiger partial charge in [-0.15, -0.1) is 10.2 Å². The van der Waals surface area contributed by atoms with Gasteiger partial charge in [0.15, 0.2) is 0 Å². The van der Waals surface area contributed by atoms with Gasteiger partial charge in [-0.2, -0.15) is 0 Å². The standard InChI is InChI=1S/C22H18N4O6/c1-3-11(4-2)25-21(29)14-6-5-7-16(17(14)22(25)30)23-24-18-19(27)13-9-8-12(26(31)32)10-15(13)20(18)28/h5-11,28H,3-4H2,1-2H3/p-1. The molecule has 10 heteroatoms. The van der Waals surface area contributed by atoms with Crippen molar-refractivity contribution >= 4 is 34.7 Å². The molecule has 0 radical (unpaired) electrons. The summed E-state index contributed by atoms with van der Waals surface area (Å²) in [5, 5.41) is 31.3. The van der Waals surface area contributed by atoms with E-state index in [0.717, 1.165) is 12.1 Å². The minimum Gasteiger partial charge on any atom is -0.870 e. The third kappa shape index (κ3) is 3.08. The smallest absolute Gasteiger partial charge is 0.270 e. The number of carbonyl (C=O) groups is 3. The number of imide groups is 1. The average Bonchev–Trinajstić information content (AvgIpc) is 3.18. The number of hydrogen-bond donors (Lipinski definition) is 0. The highest BCUT2D eigenvalue weighted by Crippen LogP contribution is 2.36. The number of Topliss-reactive ketones (excluding diaryl/α,β-unsaturated/α-hetero) is 1. The predicted molar refractivity (Wildman–Crippen MR) is 110 cm³/mol. The molecule has 0 fully saturated rings. The van der Waals surface area contributed by atoms with Crippen molar-refractivity contribution in [3.63, 3.8) is 0 Å². The molecule has 1 heterocycles. The van der Waals surface area contributed by atoms with Gasteiger partial charge in [-0.05, 0) is 36.6 Å². The fraction of sp³-hybridized carbons (Fsp3) is 0.227. The molecule has 0 bridgehead atoms. The molecule has 0 saturated carbocycles. The number of carbonyl (C=O) groups excluding carboxylic acids is 3. The minimum atomic E-state index is -0.786. The van der Waals surface area contributed by atoms with Crippen molar-refractivity contribution in [2.24, 2.45) is 10.2 Å². The van der Waals surface area contributed by atoms with E-state index in [0.29, 0.717) is 12.8 Å². The van der Waals surface area contributed by atoms with Crippen molar-refractivity contribution in [1.82, 2.24) is 4.90 Å². The second-order valence-corrected chi connectivity index (χ2v) is 7.34. The lowest BCUT2D eigenvalue weighted by atomic mass is 10.1. The van der Waals surface area contributed by atoms with E-state index >= 15 is 0 Å². The zero-order chi connectivity index (χ0) is 23.2. The van der Waals surface area contributed by atoms with Gasteiger partial charge >= 0.3 is 0 Å². The number of amides is 2. The quantitative estimate of drug-likeness (QED) is 0.295. The normalized spacial score (nSPS) is 15.3. The largest absolute Gasteiger partial charge is 0.870 e. The second kappa shape index (κ2) is 7.80. The van der Waals surface area contributed by atoms with Crippen molar-refractivity contribution in [2.75, 3.05) is 0 Å². The van der Waals surface area contributed by atoms with E-state index in [1.165, 1.54) is 29.2 Å². The van der Waals surface area contributed by atoms with Gasteiger partial charge in [0.25, 0.3) is 17.5 Å². The lowest BCUT2D eigenvalue weighted by molar-refractivity contribution is -0.385. The summed E-state index contributed by atoms with van der Waals surface area (Å²) in [6.45, 7) is 3.77. The lowest BCUT2D eigenvalue weighted by Gasteiger charge is -2.23. The minimum absolute atomic E-state index is 0.000923. The Bertz CT molecular complexity index is 1260. The van der Waals surface area contributed by atoms with E-state index in [1.54, 1.807) is 0 Å². The number of benzene rings is 2. The van der Waals surface area contributed by atoms with E-state index in [2.05, 4.69) is 10.2 Å². The van der Waals surface area contributed by atoms with Crippen LogP contribution in [0.3, 0.4) is 0 Å². The molecule has 4 rings (SSSR count). The van der Waals surface area contributed by atoms with E-state index in [4.69, 9.17) is 0 Å². The summed E-state index contributed by atoms with van der Waals surface area (Å²) in [5.41, 5.74) is -0.640. The zero-order valence-electron chi connectivity index (χ0n) is 17.2. The van der Waals surface area contributed by atoms with Crippen molar-refractivity contribution < 1.29 is 24.4 Å². The number of nitro benzene ring substituents is 1. The molecule has 1 aliphatic carbocycles. The number of nitrogens with zero attached hydrogens (tertiary/aromatic N) is 4. The van der Waals surface area contributed by atoms with E-state index < -0.39 is 34.0 Å². The number of non-ortho nitro benzene ring substituents is 1. The van der Waals surface area contributed by atoms with Crippen LogP contribution in [0, 0.1) is 10.1 Å². The summed E-state index contributed by atoms with van der Waals surface area (Å²) in [6, 6.07) is 7.61. The maximum absolute atomic E-state index is 13.0. The van der Waals surface area contributed by atoms with Crippen molar-refractivity contribution in [1.29, 1.82) is 0 Å². The highest BCUT2D eigenvalue weighted by molar-refractivity contribution is 6.23. The molecule has 0 atom stereocenters. The molecule has 0 unspecified atom stereocenters. The van der Waals surface area contributed by atoms with Crippen LogP contribution in [0.4, 0.5) is 11.4 Å². The Labute approximate surface area is 182 Å². The maximum Gasteiger partial charge on any atom is 0.270 e. The Morgan fingerprint density at radius 2 is 1.69 bits per heavy atom. The molecule has 0 saturated heterocycles. The molecular weight excluding hydrogens is 416 g/mol. The first-order chi connectivity index (χ1) is 15.3. The van der Waals surface area contributed by atoms with Crippen LogP contribution in [0.5, 0.6) is 0 Å². The molecule has 0 N–H and O–H groups in total. The third-order valence-corrected chi connectivity index (χ3v) is 5.62. The van der Waals surface area contributed by atoms with Crippen LogP contribution >= 0.6 is 0 Å². The Morgan fingerprint density at radius 1 is 0.969 bits per heavy atom. The van der Waals surface area contributed by atoms with Crippen molar-refractivity contribution in [2.45, 2.75) is 32.7 Å². The molecule has 1 aliphatic heterocycles. The van der Waals surface area contributed by atoms with Gasteiger partial charge in [0.1, 0.15) is 5.70 Å². The van der Waals surface area contributed by atoms with E-state index in [9.17, 15) is 29.6 Å². The summed E-state index contributed by atoms with van der Waals surface area (Å²) in [4.78, 5) is 49.8. The molecule has 32 heavy (non-hydrogen) atoms. The molecule has 10 nitrogen and oxygen atoms in total. The van der Waals surface area contributed by atoms with Gasteiger partial charge in [-0.25, -0.2) is 0 Å². The average molecular weight is 433 g/mol. The Balaban J connectivity index is 1.72. The summed E-state index contributed by atoms with van der Waals surface area (Å²) >= 11 is 0. The van der Waals surface area contributed by atoms with E-state index in [-0.39, 0.29) is 39.7 Å². The van der Waals surface area contributed by atoms with Gasteiger partial charge in [0, 0.05) is 23.7 Å². The van der Waals surface area contributed by atoms with Crippen LogP contribution in [0.15, 0.2) is 52.3 Å². The SMILES string of the molecule is CCC(CC)N1C(=O)c2cccc(N=NC3=C([O-])c4cc([N+](=O)[O-])ccc4C3=O)c2C1=O. The van der Waals surface area contributed by atoms with Crippen LogP contribution in [0.1, 0.15) is 63.3 Å². The number of azo groups is 1. The lowest BCUT2D eigenvalue weighted by Crippen LogP contribution is -2.39. The predicted octanol–water partition coefficient (Wildman–Crippen LogP) is 3.39. The fourth-order valence-corrected chi connectivity index (χ4v) is 3.94. The van der Waals surface area contributed by atoms with Crippen LogP contribution < -0.4 is 5.11 Å².